The summed E-state index contributed by atoms with van der Waals surface area (Å²) < 4.78 is 2.00. The van der Waals surface area contributed by atoms with Crippen molar-refractivity contribution in [3.63, 3.8) is 0 Å². The molecule has 0 saturated heterocycles. The minimum absolute atomic E-state index is 1.16. The van der Waals surface area contributed by atoms with Crippen LogP contribution in [0.5, 0.6) is 0 Å². The van der Waals surface area contributed by atoms with Gasteiger partial charge in [-0.25, -0.2) is 0 Å². The van der Waals surface area contributed by atoms with Crippen molar-refractivity contribution >= 4 is 23.5 Å². The largest absolute Gasteiger partial charge is 0.260 e. The van der Waals surface area contributed by atoms with Crippen LogP contribution in [-0.2, 0) is 7.05 Å². The Morgan fingerprint density at radius 3 is 2.63 bits per heavy atom. The lowest BCUT2D eigenvalue weighted by atomic mass is 10.4. The molecular formula is C15H20N2S2. The fraction of sp³-hybridized carbons (Fsp3) is 0.400. The van der Waals surface area contributed by atoms with E-state index in [1.165, 1.54) is 33.4 Å². The van der Waals surface area contributed by atoms with Gasteiger partial charge in [-0.15, -0.1) is 11.8 Å². The molecule has 0 N–H and O–H groups in total. The third kappa shape index (κ3) is 3.80. The number of aryl methyl sites for hydroxylation is 1. The van der Waals surface area contributed by atoms with E-state index in [0.29, 0.717) is 0 Å². The molecule has 0 saturated carbocycles. The molecule has 0 spiro atoms. The van der Waals surface area contributed by atoms with Crippen molar-refractivity contribution in [2.75, 3.05) is 5.75 Å². The Kier molecular flexibility index (Phi) is 5.40. The van der Waals surface area contributed by atoms with Crippen LogP contribution < -0.4 is 0 Å². The van der Waals surface area contributed by atoms with Crippen molar-refractivity contribution < 1.29 is 0 Å². The van der Waals surface area contributed by atoms with Crippen molar-refractivity contribution in [3.05, 3.63) is 35.9 Å². The number of hydrogen-bond acceptors (Lipinski definition) is 3. The van der Waals surface area contributed by atoms with E-state index in [4.69, 9.17) is 0 Å². The van der Waals surface area contributed by atoms with Crippen molar-refractivity contribution in [2.24, 2.45) is 7.05 Å². The van der Waals surface area contributed by atoms with Crippen LogP contribution >= 0.6 is 23.5 Å². The summed E-state index contributed by atoms with van der Waals surface area (Å²) in [4.78, 5) is 1.26. The molecule has 0 radical (unpaired) electrons. The number of unbranched alkanes of at least 4 members (excludes halogenated alkanes) is 1. The van der Waals surface area contributed by atoms with Gasteiger partial charge in [0, 0.05) is 17.5 Å². The van der Waals surface area contributed by atoms with Gasteiger partial charge in [0.05, 0.1) is 0 Å². The van der Waals surface area contributed by atoms with Crippen LogP contribution in [0.4, 0.5) is 0 Å². The maximum Gasteiger partial charge on any atom is 0.122 e. The SMILES string of the molecule is CCCCSc1nn(C)c(Sc2ccccc2)c1C. The molecular weight excluding hydrogens is 272 g/mol. The van der Waals surface area contributed by atoms with E-state index in [1.54, 1.807) is 11.8 Å². The fourth-order valence-electron chi connectivity index (χ4n) is 1.78. The Bertz CT molecular complexity index is 520. The smallest absolute Gasteiger partial charge is 0.122 e. The summed E-state index contributed by atoms with van der Waals surface area (Å²) in [5.74, 6) is 1.16. The zero-order chi connectivity index (χ0) is 13.7. The minimum atomic E-state index is 1.16. The van der Waals surface area contributed by atoms with Gasteiger partial charge in [0.15, 0.2) is 0 Å². The van der Waals surface area contributed by atoms with E-state index < -0.39 is 0 Å². The van der Waals surface area contributed by atoms with Crippen LogP contribution in [0.15, 0.2) is 45.3 Å². The molecule has 0 fully saturated rings. The zero-order valence-corrected chi connectivity index (χ0v) is 13.4. The lowest BCUT2D eigenvalue weighted by Crippen LogP contribution is -1.92. The van der Waals surface area contributed by atoms with Gasteiger partial charge in [-0.1, -0.05) is 43.3 Å². The second kappa shape index (κ2) is 7.06. The number of benzene rings is 1. The van der Waals surface area contributed by atoms with Crippen LogP contribution in [0.1, 0.15) is 25.3 Å². The highest BCUT2D eigenvalue weighted by atomic mass is 32.2. The third-order valence-corrected chi connectivity index (χ3v) is 5.30. The van der Waals surface area contributed by atoms with Gasteiger partial charge in [0.1, 0.15) is 10.1 Å². The Labute approximate surface area is 124 Å². The third-order valence-electron chi connectivity index (χ3n) is 2.87. The summed E-state index contributed by atoms with van der Waals surface area (Å²) in [5, 5.41) is 7.05. The normalized spacial score (nSPS) is 10.9. The highest BCUT2D eigenvalue weighted by Gasteiger charge is 2.13. The summed E-state index contributed by atoms with van der Waals surface area (Å²) in [6.45, 7) is 4.40. The zero-order valence-electron chi connectivity index (χ0n) is 11.7. The summed E-state index contributed by atoms with van der Waals surface area (Å²) in [5.41, 5.74) is 1.30. The minimum Gasteiger partial charge on any atom is -0.260 e. The molecule has 2 rings (SSSR count). The molecule has 1 aromatic carbocycles. The molecule has 19 heavy (non-hydrogen) atoms. The molecule has 0 atom stereocenters. The monoisotopic (exact) mass is 292 g/mol. The van der Waals surface area contributed by atoms with Crippen LogP contribution in [0.2, 0.25) is 0 Å². The van der Waals surface area contributed by atoms with Crippen molar-refractivity contribution in [1.82, 2.24) is 9.78 Å². The van der Waals surface area contributed by atoms with Gasteiger partial charge in [0.2, 0.25) is 0 Å². The maximum atomic E-state index is 4.64. The quantitative estimate of drug-likeness (QED) is 0.564. The van der Waals surface area contributed by atoms with Gasteiger partial charge in [-0.2, -0.15) is 5.10 Å². The molecule has 2 nitrogen and oxygen atoms in total. The first-order chi connectivity index (χ1) is 9.22. The van der Waals surface area contributed by atoms with Crippen molar-refractivity contribution in [3.8, 4) is 0 Å². The molecule has 102 valence electrons. The van der Waals surface area contributed by atoms with E-state index >= 15 is 0 Å². The highest BCUT2D eigenvalue weighted by molar-refractivity contribution is 8.00. The Hall–Kier alpha value is -0.870. The summed E-state index contributed by atoms with van der Waals surface area (Å²) in [6, 6.07) is 10.5. The summed E-state index contributed by atoms with van der Waals surface area (Å²) in [6.07, 6.45) is 2.49. The molecule has 0 aliphatic heterocycles. The predicted molar refractivity (Wildman–Crippen MR) is 84.1 cm³/mol. The molecule has 0 aliphatic rings. The van der Waals surface area contributed by atoms with Gasteiger partial charge < -0.3 is 0 Å². The highest BCUT2D eigenvalue weighted by Crippen LogP contribution is 2.34. The molecule has 0 amide bonds. The second-order valence-corrected chi connectivity index (χ2v) is 6.62. The summed E-state index contributed by atoms with van der Waals surface area (Å²) in [7, 11) is 2.03. The van der Waals surface area contributed by atoms with Gasteiger partial charge >= 0.3 is 0 Å². The van der Waals surface area contributed by atoms with Crippen LogP contribution in [0.25, 0.3) is 0 Å². The maximum absolute atomic E-state index is 4.64. The van der Waals surface area contributed by atoms with E-state index in [0.717, 1.165) is 5.75 Å². The second-order valence-electron chi connectivity index (χ2n) is 4.48. The predicted octanol–water partition coefficient (Wildman–Crippen LogP) is 4.77. The summed E-state index contributed by atoms with van der Waals surface area (Å²) >= 11 is 3.66. The number of hydrogen-bond donors (Lipinski definition) is 0. The Balaban J connectivity index is 2.13. The van der Waals surface area contributed by atoms with E-state index in [1.807, 2.05) is 29.6 Å². The fourth-order valence-corrected chi connectivity index (χ4v) is 3.91. The van der Waals surface area contributed by atoms with Crippen LogP contribution in [0, 0.1) is 6.92 Å². The molecule has 2 aromatic rings. The molecule has 0 aliphatic carbocycles. The molecule has 0 unspecified atom stereocenters. The van der Waals surface area contributed by atoms with Crippen LogP contribution in [0.3, 0.4) is 0 Å². The Morgan fingerprint density at radius 2 is 1.95 bits per heavy atom. The van der Waals surface area contributed by atoms with Crippen molar-refractivity contribution in [1.29, 1.82) is 0 Å². The average molecular weight is 292 g/mol. The van der Waals surface area contributed by atoms with Gasteiger partial charge in [0.25, 0.3) is 0 Å². The molecule has 0 bridgehead atoms. The van der Waals surface area contributed by atoms with E-state index in [2.05, 4.69) is 43.2 Å². The molecule has 1 heterocycles. The molecule has 1 aromatic heterocycles. The van der Waals surface area contributed by atoms with Gasteiger partial charge in [-0.3, -0.25) is 4.68 Å². The van der Waals surface area contributed by atoms with Crippen molar-refractivity contribution in [2.45, 2.75) is 41.6 Å². The first kappa shape index (κ1) is 14.5. The first-order valence-electron chi connectivity index (χ1n) is 6.61. The number of rotatable bonds is 6. The number of aromatic nitrogens is 2. The van der Waals surface area contributed by atoms with Gasteiger partial charge in [-0.05, 0) is 31.2 Å². The Morgan fingerprint density at radius 1 is 1.21 bits per heavy atom. The standard InChI is InChI=1S/C15H20N2S2/c1-4-5-11-18-14-12(2)15(17(3)16-14)19-13-9-7-6-8-10-13/h6-10H,4-5,11H2,1-3H3. The molecule has 4 heteroatoms. The lowest BCUT2D eigenvalue weighted by molar-refractivity contribution is 0.679. The topological polar surface area (TPSA) is 17.8 Å². The van der Waals surface area contributed by atoms with Crippen LogP contribution in [-0.4, -0.2) is 15.5 Å². The number of thioether (sulfide) groups is 1. The number of nitrogens with zero attached hydrogens (tertiary/aromatic N) is 2. The average Bonchev–Trinajstić information content (AvgIpc) is 2.68. The lowest BCUT2D eigenvalue weighted by Gasteiger charge is -2.03. The first-order valence-corrected chi connectivity index (χ1v) is 8.42. The van der Waals surface area contributed by atoms with E-state index in [9.17, 15) is 0 Å². The van der Waals surface area contributed by atoms with E-state index in [-0.39, 0.29) is 0 Å².